The van der Waals surface area contributed by atoms with Gasteiger partial charge in [-0.05, 0) is 55.0 Å². The lowest BCUT2D eigenvalue weighted by Gasteiger charge is -2.12. The summed E-state index contributed by atoms with van der Waals surface area (Å²) in [5.41, 5.74) is 1.78. The van der Waals surface area contributed by atoms with Gasteiger partial charge in [0.25, 0.3) is 11.8 Å². The van der Waals surface area contributed by atoms with E-state index < -0.39 is 17.4 Å². The van der Waals surface area contributed by atoms with Gasteiger partial charge in [0.15, 0.2) is 0 Å². The number of anilines is 1. The summed E-state index contributed by atoms with van der Waals surface area (Å²) in [5.74, 6) is -0.562. The van der Waals surface area contributed by atoms with Gasteiger partial charge in [-0.1, -0.05) is 12.1 Å². The van der Waals surface area contributed by atoms with Crippen LogP contribution in [0, 0.1) is 6.92 Å². The molecule has 140 valence electrons. The zero-order chi connectivity index (χ0) is 20.1. The molecule has 0 bridgehead atoms. The first-order valence-corrected chi connectivity index (χ1v) is 8.89. The van der Waals surface area contributed by atoms with Gasteiger partial charge in [-0.25, -0.2) is 19.7 Å². The molecule has 29 heavy (non-hydrogen) atoms. The van der Waals surface area contributed by atoms with Crippen LogP contribution in [0.2, 0.25) is 0 Å². The van der Waals surface area contributed by atoms with Crippen molar-refractivity contribution >= 4 is 28.5 Å². The van der Waals surface area contributed by atoms with E-state index in [-0.39, 0.29) is 22.8 Å². The molecule has 0 aliphatic carbocycles. The fourth-order valence-corrected chi connectivity index (χ4v) is 3.37. The van der Waals surface area contributed by atoms with Crippen LogP contribution in [0.3, 0.4) is 0 Å². The number of aromatic nitrogens is 2. The van der Waals surface area contributed by atoms with Crippen molar-refractivity contribution in [3.8, 4) is 11.5 Å². The van der Waals surface area contributed by atoms with E-state index in [0.717, 1.165) is 10.5 Å². The second-order valence-electron chi connectivity index (χ2n) is 6.72. The highest BCUT2D eigenvalue weighted by Crippen LogP contribution is 2.30. The summed E-state index contributed by atoms with van der Waals surface area (Å²) < 4.78 is 5.34. The standard InChI is InChI=1S/C22H13N3O4/c1-12-8-9-23-18(10-12)25-20(26)14-7-6-13(11-16(14)21(25)27)19-24-17-5-3-2-4-15(17)22(28)29-19/h2-11H,1H3. The van der Waals surface area contributed by atoms with Crippen LogP contribution in [0.4, 0.5) is 5.82 Å². The van der Waals surface area contributed by atoms with Crippen LogP contribution in [0.25, 0.3) is 22.4 Å². The van der Waals surface area contributed by atoms with Crippen molar-refractivity contribution in [2.45, 2.75) is 6.92 Å². The number of carbonyl (C=O) groups excluding carboxylic acids is 2. The van der Waals surface area contributed by atoms with Crippen LogP contribution in [0.5, 0.6) is 0 Å². The Kier molecular flexibility index (Phi) is 3.64. The van der Waals surface area contributed by atoms with E-state index in [4.69, 9.17) is 4.42 Å². The summed E-state index contributed by atoms with van der Waals surface area (Å²) in [6.45, 7) is 1.86. The number of pyridine rings is 1. The first kappa shape index (κ1) is 17.0. The molecule has 0 radical (unpaired) electrons. The maximum Gasteiger partial charge on any atom is 0.347 e. The average Bonchev–Trinajstić information content (AvgIpc) is 2.98. The van der Waals surface area contributed by atoms with E-state index in [1.807, 2.05) is 6.92 Å². The molecule has 0 N–H and O–H groups in total. The van der Waals surface area contributed by atoms with E-state index in [1.165, 1.54) is 12.1 Å². The minimum absolute atomic E-state index is 0.0869. The van der Waals surface area contributed by atoms with Gasteiger partial charge < -0.3 is 4.42 Å². The van der Waals surface area contributed by atoms with Crippen molar-refractivity contribution < 1.29 is 14.0 Å². The molecular formula is C22H13N3O4. The Labute approximate surface area is 164 Å². The summed E-state index contributed by atoms with van der Waals surface area (Å²) in [6.07, 6.45) is 1.55. The summed E-state index contributed by atoms with van der Waals surface area (Å²) in [4.78, 5) is 47.5. The first-order chi connectivity index (χ1) is 14.0. The van der Waals surface area contributed by atoms with E-state index >= 15 is 0 Å². The molecule has 0 saturated carbocycles. The van der Waals surface area contributed by atoms with Gasteiger partial charge in [-0.15, -0.1) is 0 Å². The smallest absolute Gasteiger partial charge is 0.347 e. The zero-order valence-corrected chi connectivity index (χ0v) is 15.2. The lowest BCUT2D eigenvalue weighted by Crippen LogP contribution is -2.30. The minimum atomic E-state index is -0.515. The fraction of sp³-hybridized carbons (Fsp3) is 0.0455. The Hall–Kier alpha value is -4.13. The Bertz CT molecular complexity index is 1390. The molecule has 1 aliphatic rings. The van der Waals surface area contributed by atoms with Gasteiger partial charge in [0.05, 0.1) is 22.0 Å². The molecule has 2 amide bonds. The highest BCUT2D eigenvalue weighted by molar-refractivity contribution is 6.34. The lowest BCUT2D eigenvalue weighted by atomic mass is 10.1. The Morgan fingerprint density at radius 3 is 2.52 bits per heavy atom. The number of rotatable bonds is 2. The maximum absolute atomic E-state index is 12.9. The van der Waals surface area contributed by atoms with Crippen molar-refractivity contribution in [2.24, 2.45) is 0 Å². The predicted octanol–water partition coefficient (Wildman–Crippen LogP) is 3.36. The van der Waals surface area contributed by atoms with E-state index in [9.17, 15) is 14.4 Å². The Morgan fingerprint density at radius 2 is 1.69 bits per heavy atom. The molecule has 0 atom stereocenters. The number of fused-ring (bicyclic) bond motifs is 2. The Morgan fingerprint density at radius 1 is 0.897 bits per heavy atom. The largest absolute Gasteiger partial charge is 0.403 e. The zero-order valence-electron chi connectivity index (χ0n) is 15.2. The predicted molar refractivity (Wildman–Crippen MR) is 106 cm³/mol. The van der Waals surface area contributed by atoms with Gasteiger partial charge >= 0.3 is 5.63 Å². The lowest BCUT2D eigenvalue weighted by molar-refractivity contribution is 0.0925. The average molecular weight is 383 g/mol. The number of para-hydroxylation sites is 1. The van der Waals surface area contributed by atoms with E-state index in [0.29, 0.717) is 16.5 Å². The second kappa shape index (κ2) is 6.20. The molecule has 7 nitrogen and oxygen atoms in total. The molecule has 0 fully saturated rings. The highest BCUT2D eigenvalue weighted by Gasteiger charge is 2.37. The van der Waals surface area contributed by atoms with Crippen molar-refractivity contribution in [2.75, 3.05) is 4.90 Å². The minimum Gasteiger partial charge on any atom is -0.403 e. The molecule has 3 heterocycles. The topological polar surface area (TPSA) is 93.4 Å². The number of hydrogen-bond acceptors (Lipinski definition) is 6. The van der Waals surface area contributed by atoms with Crippen LogP contribution in [-0.4, -0.2) is 21.8 Å². The van der Waals surface area contributed by atoms with Gasteiger partial charge in [0, 0.05) is 11.8 Å². The number of nitrogens with zero attached hydrogens (tertiary/aromatic N) is 3. The number of aryl methyl sites for hydroxylation is 1. The summed E-state index contributed by atoms with van der Waals surface area (Å²) in [7, 11) is 0. The highest BCUT2D eigenvalue weighted by atomic mass is 16.4. The molecule has 7 heteroatoms. The molecule has 2 aromatic carbocycles. The monoisotopic (exact) mass is 383 g/mol. The third kappa shape index (κ3) is 2.63. The van der Waals surface area contributed by atoms with Crippen molar-refractivity contribution in [1.82, 2.24) is 9.97 Å². The summed E-state index contributed by atoms with van der Waals surface area (Å²) in [5, 5.41) is 0.375. The Balaban J connectivity index is 1.61. The van der Waals surface area contributed by atoms with Crippen LogP contribution in [-0.2, 0) is 0 Å². The third-order valence-corrected chi connectivity index (χ3v) is 4.80. The molecule has 4 aromatic rings. The third-order valence-electron chi connectivity index (χ3n) is 4.80. The number of benzene rings is 2. The van der Waals surface area contributed by atoms with E-state index in [1.54, 1.807) is 48.7 Å². The van der Waals surface area contributed by atoms with Gasteiger partial charge in [0.2, 0.25) is 5.89 Å². The molecule has 0 saturated heterocycles. The number of carbonyl (C=O) groups is 2. The SMILES string of the molecule is Cc1ccnc(N2C(=O)c3ccc(-c4nc5ccccc5c(=O)o4)cc3C2=O)c1. The van der Waals surface area contributed by atoms with Crippen LogP contribution >= 0.6 is 0 Å². The summed E-state index contributed by atoms with van der Waals surface area (Å²) in [6, 6.07) is 15.0. The normalized spacial score (nSPS) is 13.2. The van der Waals surface area contributed by atoms with Crippen LogP contribution in [0.15, 0.2) is 70.0 Å². The molecule has 5 rings (SSSR count). The van der Waals surface area contributed by atoms with Crippen molar-refractivity contribution in [1.29, 1.82) is 0 Å². The number of imide groups is 1. The molecule has 0 unspecified atom stereocenters. The molecular weight excluding hydrogens is 370 g/mol. The fourth-order valence-electron chi connectivity index (χ4n) is 3.37. The van der Waals surface area contributed by atoms with E-state index in [2.05, 4.69) is 9.97 Å². The van der Waals surface area contributed by atoms with Crippen molar-refractivity contribution in [3.63, 3.8) is 0 Å². The molecule has 0 spiro atoms. The summed E-state index contributed by atoms with van der Waals surface area (Å²) >= 11 is 0. The second-order valence-corrected chi connectivity index (χ2v) is 6.72. The maximum atomic E-state index is 12.9. The van der Waals surface area contributed by atoms with Gasteiger partial charge in [-0.3, -0.25) is 9.59 Å². The van der Waals surface area contributed by atoms with Crippen molar-refractivity contribution in [3.05, 3.63) is 87.9 Å². The van der Waals surface area contributed by atoms with Gasteiger partial charge in [0.1, 0.15) is 5.82 Å². The van der Waals surface area contributed by atoms with Crippen LogP contribution in [0.1, 0.15) is 26.3 Å². The van der Waals surface area contributed by atoms with Gasteiger partial charge in [-0.2, -0.15) is 0 Å². The number of amides is 2. The molecule has 1 aliphatic heterocycles. The first-order valence-electron chi connectivity index (χ1n) is 8.89. The van der Waals surface area contributed by atoms with Crippen LogP contribution < -0.4 is 10.5 Å². The quantitative estimate of drug-likeness (QED) is 0.493. The molecule has 2 aromatic heterocycles. The number of hydrogen-bond donors (Lipinski definition) is 0.